The summed E-state index contributed by atoms with van der Waals surface area (Å²) in [4.78, 5) is 73.1. The fourth-order valence-electron chi connectivity index (χ4n) is 9.74. The van der Waals surface area contributed by atoms with Gasteiger partial charge in [0.15, 0.2) is 0 Å². The van der Waals surface area contributed by atoms with Gasteiger partial charge in [0.1, 0.15) is 17.1 Å². The van der Waals surface area contributed by atoms with Gasteiger partial charge in [-0.2, -0.15) is 0 Å². The summed E-state index contributed by atoms with van der Waals surface area (Å²) in [5, 5.41) is 33.7. The molecule has 2 heterocycles. The van der Waals surface area contributed by atoms with Crippen molar-refractivity contribution < 1.29 is 39.3 Å². The lowest BCUT2D eigenvalue weighted by Gasteiger charge is -2.51. The van der Waals surface area contributed by atoms with Crippen molar-refractivity contribution in [1.29, 1.82) is 0 Å². The van der Waals surface area contributed by atoms with Crippen molar-refractivity contribution in [2.24, 2.45) is 23.7 Å². The smallest absolute Gasteiger partial charge is 0.339 e. The number of aromatic hydroxyl groups is 2. The molecule has 6 unspecified atom stereocenters. The normalized spacial score (nSPS) is 26.1. The van der Waals surface area contributed by atoms with Crippen molar-refractivity contribution in [3.63, 3.8) is 0 Å². The topological polar surface area (TPSA) is 153 Å². The largest absolute Gasteiger partial charge is 0.508 e. The van der Waals surface area contributed by atoms with Gasteiger partial charge in [0.25, 0.3) is 0 Å². The standard InChI is InChI=1S/C43H31ClN2O8/c44-24-10-6-11-25(19-24)46-39(50)32-21-31-28(16-17-30-35(31)40(51)45(38(30)49)26-14-15-29(41(52)53)34(48)20-26)37(43(32,42(46)54)23-8-2-1-3-9-23)36-27-12-5-4-7-22(27)13-18-33(36)47/h1-16,18-20,30-32,35,37,47-48H,17,21H2,(H,52,53). The number of rotatable bonds is 5. The van der Waals surface area contributed by atoms with Gasteiger partial charge in [-0.25, -0.2) is 14.6 Å². The second kappa shape index (κ2) is 12.1. The Balaban J connectivity index is 1.29. The zero-order valence-electron chi connectivity index (χ0n) is 28.4. The highest BCUT2D eigenvalue weighted by Gasteiger charge is 2.70. The van der Waals surface area contributed by atoms with Gasteiger partial charge in [-0.15, -0.1) is 0 Å². The van der Waals surface area contributed by atoms with Gasteiger partial charge < -0.3 is 15.3 Å². The van der Waals surface area contributed by atoms with E-state index in [2.05, 4.69) is 0 Å². The monoisotopic (exact) mass is 738 g/mol. The van der Waals surface area contributed by atoms with Crippen molar-refractivity contribution in [1.82, 2.24) is 0 Å². The van der Waals surface area contributed by atoms with Crippen LogP contribution in [0, 0.1) is 23.7 Å². The highest BCUT2D eigenvalue weighted by Crippen LogP contribution is 2.66. The summed E-state index contributed by atoms with van der Waals surface area (Å²) in [6, 6.07) is 30.0. The number of nitrogens with zero attached hydrogens (tertiary/aromatic N) is 2. The second-order valence-electron chi connectivity index (χ2n) is 14.3. The predicted octanol–water partition coefficient (Wildman–Crippen LogP) is 6.97. The van der Waals surface area contributed by atoms with E-state index in [4.69, 9.17) is 11.6 Å². The summed E-state index contributed by atoms with van der Waals surface area (Å²) in [6.07, 6.45) is 2.08. The second-order valence-corrected chi connectivity index (χ2v) is 14.8. The average molecular weight is 739 g/mol. The number of allylic oxidation sites excluding steroid dienone is 2. The first kappa shape index (κ1) is 33.6. The van der Waals surface area contributed by atoms with Crippen LogP contribution in [0.25, 0.3) is 10.8 Å². The van der Waals surface area contributed by atoms with Crippen LogP contribution < -0.4 is 9.80 Å². The van der Waals surface area contributed by atoms with Crippen LogP contribution in [0.1, 0.15) is 40.2 Å². The van der Waals surface area contributed by atoms with Crippen molar-refractivity contribution in [2.45, 2.75) is 24.2 Å². The number of hydrogen-bond donors (Lipinski definition) is 3. The number of fused-ring (bicyclic) bond motifs is 5. The molecular weight excluding hydrogens is 708 g/mol. The highest BCUT2D eigenvalue weighted by molar-refractivity contribution is 6.32. The summed E-state index contributed by atoms with van der Waals surface area (Å²) in [5.74, 6) is -8.56. The maximum absolute atomic E-state index is 15.5. The minimum absolute atomic E-state index is 0.0281. The number of amides is 4. The lowest BCUT2D eigenvalue weighted by molar-refractivity contribution is -0.127. The van der Waals surface area contributed by atoms with Crippen LogP contribution in [0.2, 0.25) is 5.02 Å². The SMILES string of the molecule is O=C(O)c1ccc(N2C(=O)C3CC=C4C(CC5C(=O)N(c6cccc(Cl)c6)C(=O)C5(c5ccccc5)C4c4c(O)ccc5ccccc45)C3C2=O)cc1O. The number of aromatic carboxylic acids is 1. The van der Waals surface area contributed by atoms with E-state index in [1.165, 1.54) is 11.0 Å². The summed E-state index contributed by atoms with van der Waals surface area (Å²) < 4.78 is 0. The third-order valence-electron chi connectivity index (χ3n) is 11.9. The van der Waals surface area contributed by atoms with Gasteiger partial charge in [-0.3, -0.25) is 19.2 Å². The number of carbonyl (C=O) groups is 5. The minimum Gasteiger partial charge on any atom is -0.508 e. The molecule has 2 saturated heterocycles. The number of carboxylic acid groups (broad SMARTS) is 1. The van der Waals surface area contributed by atoms with Crippen LogP contribution in [0.5, 0.6) is 11.5 Å². The molecule has 10 nitrogen and oxygen atoms in total. The maximum Gasteiger partial charge on any atom is 0.339 e. The van der Waals surface area contributed by atoms with Crippen molar-refractivity contribution in [3.8, 4) is 11.5 Å². The van der Waals surface area contributed by atoms with Gasteiger partial charge in [0.2, 0.25) is 23.6 Å². The third-order valence-corrected chi connectivity index (χ3v) is 12.1. The molecule has 3 N–H and O–H groups in total. The summed E-state index contributed by atoms with van der Waals surface area (Å²) in [5.41, 5.74) is 0.0382. The van der Waals surface area contributed by atoms with Crippen LogP contribution >= 0.6 is 11.6 Å². The molecule has 4 amide bonds. The highest BCUT2D eigenvalue weighted by atomic mass is 35.5. The first-order valence-electron chi connectivity index (χ1n) is 17.6. The lowest BCUT2D eigenvalue weighted by atomic mass is 9.48. The average Bonchev–Trinajstić information content (AvgIpc) is 3.56. The molecule has 1 saturated carbocycles. The molecule has 2 aliphatic heterocycles. The van der Waals surface area contributed by atoms with Crippen LogP contribution in [-0.2, 0) is 24.6 Å². The number of carbonyl (C=O) groups excluding carboxylic acids is 4. The molecule has 2 aliphatic carbocycles. The molecule has 0 bridgehead atoms. The van der Waals surface area contributed by atoms with E-state index in [0.29, 0.717) is 32.8 Å². The Morgan fingerprint density at radius 2 is 1.46 bits per heavy atom. The molecule has 0 aromatic heterocycles. The Hall–Kier alpha value is -6.26. The fraction of sp³-hybridized carbons (Fsp3) is 0.186. The van der Waals surface area contributed by atoms with Gasteiger partial charge in [-0.1, -0.05) is 90.0 Å². The number of phenols is 2. The Morgan fingerprint density at radius 1 is 0.722 bits per heavy atom. The van der Waals surface area contributed by atoms with Crippen molar-refractivity contribution >= 4 is 63.3 Å². The van der Waals surface area contributed by atoms with Crippen LogP contribution in [0.15, 0.2) is 121 Å². The third kappa shape index (κ3) is 4.56. The number of anilines is 2. The molecule has 6 atom stereocenters. The first-order valence-corrected chi connectivity index (χ1v) is 18.0. The first-order chi connectivity index (χ1) is 26.0. The van der Waals surface area contributed by atoms with Gasteiger partial charge in [-0.05, 0) is 71.5 Å². The molecule has 11 heteroatoms. The Bertz CT molecular complexity index is 2520. The zero-order chi connectivity index (χ0) is 37.6. The van der Waals surface area contributed by atoms with E-state index < -0.39 is 70.4 Å². The van der Waals surface area contributed by atoms with Crippen molar-refractivity contribution in [2.75, 3.05) is 9.80 Å². The summed E-state index contributed by atoms with van der Waals surface area (Å²) in [6.45, 7) is 0. The van der Waals surface area contributed by atoms with Crippen LogP contribution in [0.3, 0.4) is 0 Å². The molecule has 9 rings (SSSR count). The minimum atomic E-state index is -1.58. The lowest BCUT2D eigenvalue weighted by Crippen LogP contribution is -2.53. The zero-order valence-corrected chi connectivity index (χ0v) is 29.2. The van der Waals surface area contributed by atoms with E-state index in [0.717, 1.165) is 22.4 Å². The fourth-order valence-corrected chi connectivity index (χ4v) is 9.92. The van der Waals surface area contributed by atoms with Gasteiger partial charge in [0.05, 0.1) is 34.5 Å². The van der Waals surface area contributed by atoms with E-state index in [-0.39, 0.29) is 29.8 Å². The quantitative estimate of drug-likeness (QED) is 0.129. The van der Waals surface area contributed by atoms with E-state index in [1.54, 1.807) is 48.5 Å². The molecule has 54 heavy (non-hydrogen) atoms. The number of phenolic OH excluding ortho intramolecular Hbond substituents is 1. The number of halogens is 1. The predicted molar refractivity (Wildman–Crippen MR) is 199 cm³/mol. The molecule has 268 valence electrons. The van der Waals surface area contributed by atoms with Crippen molar-refractivity contribution in [3.05, 3.63) is 143 Å². The molecule has 4 aliphatic rings. The molecular formula is C43H31ClN2O8. The van der Waals surface area contributed by atoms with Crippen LogP contribution in [-0.4, -0.2) is 44.9 Å². The molecule has 3 fully saturated rings. The van der Waals surface area contributed by atoms with E-state index in [9.17, 15) is 29.7 Å². The molecule has 5 aromatic carbocycles. The van der Waals surface area contributed by atoms with Crippen LogP contribution in [0.4, 0.5) is 11.4 Å². The number of benzene rings is 5. The molecule has 0 radical (unpaired) electrons. The Morgan fingerprint density at radius 3 is 2.20 bits per heavy atom. The maximum atomic E-state index is 15.5. The Kier molecular flexibility index (Phi) is 7.55. The summed E-state index contributed by atoms with van der Waals surface area (Å²) >= 11 is 6.41. The molecule has 0 spiro atoms. The van der Waals surface area contributed by atoms with E-state index in [1.807, 2.05) is 48.5 Å². The number of carboxylic acids is 1. The molecule has 5 aromatic rings. The van der Waals surface area contributed by atoms with E-state index >= 15 is 9.59 Å². The van der Waals surface area contributed by atoms with Gasteiger partial charge >= 0.3 is 5.97 Å². The number of imide groups is 2. The van der Waals surface area contributed by atoms with Gasteiger partial charge in [0, 0.05) is 22.6 Å². The number of hydrogen-bond acceptors (Lipinski definition) is 7. The Labute approximate surface area is 313 Å². The summed E-state index contributed by atoms with van der Waals surface area (Å²) in [7, 11) is 0.